The highest BCUT2D eigenvalue weighted by Crippen LogP contribution is 2.25. The number of rotatable bonds is 2. The summed E-state index contributed by atoms with van der Waals surface area (Å²) in [6.07, 6.45) is 4.93. The molecule has 1 N–H and O–H groups in total. The van der Waals surface area contributed by atoms with E-state index in [9.17, 15) is 5.11 Å². The summed E-state index contributed by atoms with van der Waals surface area (Å²) in [6, 6.07) is 5.53. The standard InChI is InChI=1S/C10H9N3OS/c1-15-10-8(14)6-12-9(13-10)7-4-2-3-5-11-7/h2-6,14H,1H3. The summed E-state index contributed by atoms with van der Waals surface area (Å²) < 4.78 is 0. The molecule has 0 amide bonds. The maximum Gasteiger partial charge on any atom is 0.179 e. The Balaban J connectivity index is 2.46. The second-order valence-electron chi connectivity index (χ2n) is 2.80. The molecule has 2 aromatic rings. The van der Waals surface area contributed by atoms with Gasteiger partial charge < -0.3 is 5.11 Å². The van der Waals surface area contributed by atoms with Gasteiger partial charge in [0.1, 0.15) is 10.7 Å². The number of pyridine rings is 1. The van der Waals surface area contributed by atoms with Crippen LogP contribution in [0.15, 0.2) is 35.6 Å². The number of nitrogens with zero attached hydrogens (tertiary/aromatic N) is 3. The topological polar surface area (TPSA) is 58.9 Å². The Bertz CT molecular complexity index is 461. The van der Waals surface area contributed by atoms with Gasteiger partial charge in [-0.3, -0.25) is 4.98 Å². The minimum absolute atomic E-state index is 0.0992. The van der Waals surface area contributed by atoms with Crippen LogP contribution in [0.4, 0.5) is 0 Å². The molecule has 0 fully saturated rings. The van der Waals surface area contributed by atoms with Crippen molar-refractivity contribution < 1.29 is 5.11 Å². The van der Waals surface area contributed by atoms with Crippen LogP contribution >= 0.6 is 11.8 Å². The van der Waals surface area contributed by atoms with E-state index in [1.54, 1.807) is 6.20 Å². The monoisotopic (exact) mass is 219 g/mol. The molecular formula is C10H9N3OS. The zero-order valence-electron chi connectivity index (χ0n) is 8.08. The quantitative estimate of drug-likeness (QED) is 0.618. The average Bonchev–Trinajstić information content (AvgIpc) is 2.31. The van der Waals surface area contributed by atoms with E-state index in [4.69, 9.17) is 0 Å². The molecule has 0 bridgehead atoms. The summed E-state index contributed by atoms with van der Waals surface area (Å²) in [6.45, 7) is 0. The van der Waals surface area contributed by atoms with Crippen molar-refractivity contribution in [1.82, 2.24) is 15.0 Å². The van der Waals surface area contributed by atoms with Gasteiger partial charge in [0.05, 0.1) is 6.20 Å². The van der Waals surface area contributed by atoms with E-state index in [1.165, 1.54) is 18.0 Å². The molecule has 0 aromatic carbocycles. The van der Waals surface area contributed by atoms with Gasteiger partial charge in [0.25, 0.3) is 0 Å². The Labute approximate surface area is 91.4 Å². The van der Waals surface area contributed by atoms with Gasteiger partial charge in [0.2, 0.25) is 0 Å². The van der Waals surface area contributed by atoms with Gasteiger partial charge in [0.15, 0.2) is 11.6 Å². The first-order valence-electron chi connectivity index (χ1n) is 4.32. The predicted octanol–water partition coefficient (Wildman–Crippen LogP) is 1.97. The Morgan fingerprint density at radius 2 is 2.13 bits per heavy atom. The lowest BCUT2D eigenvalue weighted by Gasteiger charge is -2.02. The van der Waals surface area contributed by atoms with Gasteiger partial charge in [-0.05, 0) is 18.4 Å². The highest BCUT2D eigenvalue weighted by atomic mass is 32.2. The summed E-state index contributed by atoms with van der Waals surface area (Å²) in [5, 5.41) is 9.98. The number of aromatic hydroxyl groups is 1. The number of hydrogen-bond donors (Lipinski definition) is 1. The fourth-order valence-corrected chi connectivity index (χ4v) is 1.57. The van der Waals surface area contributed by atoms with E-state index >= 15 is 0 Å². The zero-order valence-corrected chi connectivity index (χ0v) is 8.90. The van der Waals surface area contributed by atoms with E-state index < -0.39 is 0 Å². The number of hydrogen-bond acceptors (Lipinski definition) is 5. The molecule has 0 saturated heterocycles. The third-order valence-electron chi connectivity index (χ3n) is 1.82. The second-order valence-corrected chi connectivity index (χ2v) is 3.60. The first-order valence-corrected chi connectivity index (χ1v) is 5.55. The molecule has 2 rings (SSSR count). The largest absolute Gasteiger partial charge is 0.504 e. The first-order chi connectivity index (χ1) is 7.31. The molecule has 0 unspecified atom stereocenters. The van der Waals surface area contributed by atoms with Crippen LogP contribution in [0.2, 0.25) is 0 Å². The molecule has 2 aromatic heterocycles. The summed E-state index contributed by atoms with van der Waals surface area (Å²) in [5.41, 5.74) is 0.702. The lowest BCUT2D eigenvalue weighted by Crippen LogP contribution is -1.92. The predicted molar refractivity (Wildman–Crippen MR) is 58.7 cm³/mol. The van der Waals surface area contributed by atoms with Crippen LogP contribution in [0, 0.1) is 0 Å². The highest BCUT2D eigenvalue weighted by molar-refractivity contribution is 7.98. The average molecular weight is 219 g/mol. The van der Waals surface area contributed by atoms with Gasteiger partial charge >= 0.3 is 0 Å². The summed E-state index contributed by atoms with van der Waals surface area (Å²) in [7, 11) is 0. The minimum atomic E-state index is 0.0992. The lowest BCUT2D eigenvalue weighted by atomic mass is 10.3. The Morgan fingerprint density at radius 3 is 2.80 bits per heavy atom. The van der Waals surface area contributed by atoms with Crippen LogP contribution in [0.5, 0.6) is 5.75 Å². The maximum atomic E-state index is 9.42. The van der Waals surface area contributed by atoms with Crippen LogP contribution in [0.3, 0.4) is 0 Å². The minimum Gasteiger partial charge on any atom is -0.504 e. The third kappa shape index (κ3) is 2.07. The van der Waals surface area contributed by atoms with Crippen molar-refractivity contribution in [3.05, 3.63) is 30.6 Å². The van der Waals surface area contributed by atoms with Gasteiger partial charge in [0, 0.05) is 6.20 Å². The molecule has 0 aliphatic heterocycles. The van der Waals surface area contributed by atoms with Gasteiger partial charge in [-0.1, -0.05) is 6.07 Å². The molecular weight excluding hydrogens is 210 g/mol. The molecule has 0 spiro atoms. The molecule has 15 heavy (non-hydrogen) atoms. The third-order valence-corrected chi connectivity index (χ3v) is 2.51. The van der Waals surface area contributed by atoms with E-state index in [1.807, 2.05) is 24.5 Å². The molecule has 0 saturated carbocycles. The van der Waals surface area contributed by atoms with Crippen molar-refractivity contribution in [2.24, 2.45) is 0 Å². The summed E-state index contributed by atoms with van der Waals surface area (Å²) in [4.78, 5) is 12.4. The summed E-state index contributed by atoms with van der Waals surface area (Å²) in [5.74, 6) is 0.625. The van der Waals surface area contributed by atoms with E-state index in [0.717, 1.165) is 0 Å². The normalized spacial score (nSPS) is 10.2. The van der Waals surface area contributed by atoms with Gasteiger partial charge in [-0.25, -0.2) is 9.97 Å². The van der Waals surface area contributed by atoms with Crippen LogP contribution in [0.25, 0.3) is 11.5 Å². The van der Waals surface area contributed by atoms with Gasteiger partial charge in [-0.2, -0.15) is 0 Å². The molecule has 5 heteroatoms. The molecule has 0 atom stereocenters. The molecule has 0 radical (unpaired) electrons. The highest BCUT2D eigenvalue weighted by Gasteiger charge is 2.06. The van der Waals surface area contributed by atoms with Crippen LogP contribution in [0.1, 0.15) is 0 Å². The molecule has 2 heterocycles. The van der Waals surface area contributed by atoms with Crippen molar-refractivity contribution in [2.45, 2.75) is 5.03 Å². The van der Waals surface area contributed by atoms with Crippen LogP contribution < -0.4 is 0 Å². The maximum absolute atomic E-state index is 9.42. The van der Waals surface area contributed by atoms with Crippen LogP contribution in [-0.2, 0) is 0 Å². The zero-order chi connectivity index (χ0) is 10.7. The van der Waals surface area contributed by atoms with Crippen molar-refractivity contribution in [1.29, 1.82) is 0 Å². The van der Waals surface area contributed by atoms with Crippen molar-refractivity contribution in [3.8, 4) is 17.3 Å². The van der Waals surface area contributed by atoms with Crippen molar-refractivity contribution >= 4 is 11.8 Å². The summed E-state index contributed by atoms with van der Waals surface area (Å²) >= 11 is 1.38. The molecule has 4 nitrogen and oxygen atoms in total. The Morgan fingerprint density at radius 1 is 1.27 bits per heavy atom. The number of thioether (sulfide) groups is 1. The molecule has 0 aliphatic carbocycles. The van der Waals surface area contributed by atoms with Crippen LogP contribution in [-0.4, -0.2) is 26.3 Å². The van der Waals surface area contributed by atoms with Crippen molar-refractivity contribution in [3.63, 3.8) is 0 Å². The Hall–Kier alpha value is -1.62. The first kappa shape index (κ1) is 9.92. The Kier molecular flexibility index (Phi) is 2.82. The van der Waals surface area contributed by atoms with E-state index in [-0.39, 0.29) is 5.75 Å². The molecule has 0 aliphatic rings. The van der Waals surface area contributed by atoms with E-state index in [2.05, 4.69) is 15.0 Å². The second kappa shape index (κ2) is 4.27. The van der Waals surface area contributed by atoms with Crippen molar-refractivity contribution in [2.75, 3.05) is 6.26 Å². The number of aromatic nitrogens is 3. The smallest absolute Gasteiger partial charge is 0.179 e. The van der Waals surface area contributed by atoms with Gasteiger partial charge in [-0.15, -0.1) is 11.8 Å². The lowest BCUT2D eigenvalue weighted by molar-refractivity contribution is 0.453. The fraction of sp³-hybridized carbons (Fsp3) is 0.100. The fourth-order valence-electron chi connectivity index (χ4n) is 1.13. The molecule has 76 valence electrons. The SMILES string of the molecule is CSc1nc(-c2ccccn2)ncc1O. The van der Waals surface area contributed by atoms with E-state index in [0.29, 0.717) is 16.5 Å².